The van der Waals surface area contributed by atoms with E-state index in [1.165, 1.54) is 4.52 Å². The normalized spacial score (nSPS) is 30.0. The Kier molecular flexibility index (Phi) is 4.14. The number of aromatic amines is 1. The van der Waals surface area contributed by atoms with Crippen molar-refractivity contribution in [3.8, 4) is 12.3 Å². The zero-order chi connectivity index (χ0) is 21.4. The van der Waals surface area contributed by atoms with Crippen LogP contribution >= 0.6 is 15.9 Å². The van der Waals surface area contributed by atoms with Gasteiger partial charge in [0.2, 0.25) is 0 Å². The molecular weight excluding hydrogens is 450 g/mol. The molecule has 158 valence electrons. The van der Waals surface area contributed by atoms with Crippen LogP contribution in [0.2, 0.25) is 0 Å². The number of aromatic nitrogens is 4. The molecule has 2 aromatic rings. The number of rotatable bonds is 0. The predicted molar refractivity (Wildman–Crippen MR) is 113 cm³/mol. The van der Waals surface area contributed by atoms with E-state index in [-0.39, 0.29) is 34.9 Å². The number of carbonyl (C=O) groups is 1. The maximum atomic E-state index is 13.5. The topological polar surface area (TPSA) is 92.6 Å². The van der Waals surface area contributed by atoms with E-state index in [0.717, 1.165) is 12.8 Å². The van der Waals surface area contributed by atoms with Crippen molar-refractivity contribution in [3.05, 3.63) is 26.3 Å². The van der Waals surface area contributed by atoms with Crippen molar-refractivity contribution < 1.29 is 9.53 Å². The fourth-order valence-electron chi connectivity index (χ4n) is 5.61. The van der Waals surface area contributed by atoms with E-state index >= 15 is 0 Å². The first-order valence-electron chi connectivity index (χ1n) is 10.3. The summed E-state index contributed by atoms with van der Waals surface area (Å²) >= 11 is 3.28. The third-order valence-electron chi connectivity index (χ3n) is 6.87. The Bertz CT molecular complexity index is 1160. The number of ether oxygens (including phenoxy) is 1. The van der Waals surface area contributed by atoms with Crippen LogP contribution in [0.25, 0.3) is 5.78 Å². The predicted octanol–water partition coefficient (Wildman–Crippen LogP) is 2.96. The molecule has 30 heavy (non-hydrogen) atoms. The summed E-state index contributed by atoms with van der Waals surface area (Å²) in [6, 6.07) is 0.0616. The summed E-state index contributed by atoms with van der Waals surface area (Å²) in [5, 5.41) is 2.92. The molecule has 1 aliphatic heterocycles. The lowest BCUT2D eigenvalue weighted by Gasteiger charge is -2.57. The minimum Gasteiger partial charge on any atom is -0.444 e. The Morgan fingerprint density at radius 1 is 1.37 bits per heavy atom. The smallest absolute Gasteiger partial charge is 0.410 e. The van der Waals surface area contributed by atoms with Crippen molar-refractivity contribution in [2.24, 2.45) is 5.92 Å². The molecule has 3 aliphatic rings. The van der Waals surface area contributed by atoms with Crippen LogP contribution in [0.15, 0.2) is 9.53 Å². The van der Waals surface area contributed by atoms with E-state index in [2.05, 4.69) is 36.9 Å². The Hall–Kier alpha value is -2.34. The number of nitrogens with one attached hydrogen (secondary N) is 1. The number of H-pyrrole nitrogens is 1. The molecule has 2 aromatic heterocycles. The molecule has 2 aliphatic carbocycles. The highest BCUT2D eigenvalue weighted by atomic mass is 79.9. The number of fused-ring (bicyclic) bond motifs is 5. The average Bonchev–Trinajstić information content (AvgIpc) is 3.13. The van der Waals surface area contributed by atoms with E-state index in [0.29, 0.717) is 41.2 Å². The van der Waals surface area contributed by atoms with Gasteiger partial charge >= 0.3 is 6.09 Å². The van der Waals surface area contributed by atoms with Crippen molar-refractivity contribution in [3.63, 3.8) is 0 Å². The fraction of sp³-hybridized carbons (Fsp3) is 0.619. The SMILES string of the molecule is C#C[C@H]1CC2(CCN(C(=O)OC(C)(C)C)[C@H]3CC[C@H]32)c2c1nc1nc(Br)[nH]n1c2=O. The van der Waals surface area contributed by atoms with Crippen molar-refractivity contribution in [1.82, 2.24) is 24.5 Å². The molecule has 9 heteroatoms. The van der Waals surface area contributed by atoms with Crippen molar-refractivity contribution in [2.45, 2.75) is 69.4 Å². The van der Waals surface area contributed by atoms with Gasteiger partial charge in [-0.1, -0.05) is 5.92 Å². The van der Waals surface area contributed by atoms with Gasteiger partial charge in [0, 0.05) is 23.6 Å². The molecular formula is C21H24BrN5O3. The van der Waals surface area contributed by atoms with Crippen molar-refractivity contribution in [2.75, 3.05) is 6.54 Å². The van der Waals surface area contributed by atoms with Gasteiger partial charge in [-0.2, -0.15) is 9.50 Å². The summed E-state index contributed by atoms with van der Waals surface area (Å²) < 4.78 is 7.47. The largest absolute Gasteiger partial charge is 0.444 e. The molecule has 0 bridgehead atoms. The number of hydrogen-bond acceptors (Lipinski definition) is 5. The lowest BCUT2D eigenvalue weighted by molar-refractivity contribution is -0.0542. The lowest BCUT2D eigenvalue weighted by atomic mass is 9.56. The Morgan fingerprint density at radius 3 is 2.77 bits per heavy atom. The van der Waals surface area contributed by atoms with Crippen LogP contribution in [0.5, 0.6) is 0 Å². The number of piperidine rings is 1. The van der Waals surface area contributed by atoms with Gasteiger partial charge in [0.15, 0.2) is 4.73 Å². The number of halogens is 1. The van der Waals surface area contributed by atoms with E-state index < -0.39 is 5.60 Å². The zero-order valence-electron chi connectivity index (χ0n) is 17.2. The minimum absolute atomic E-state index is 0.0616. The summed E-state index contributed by atoms with van der Waals surface area (Å²) in [5.74, 6) is 3.12. The van der Waals surface area contributed by atoms with E-state index in [1.807, 2.05) is 25.7 Å². The van der Waals surface area contributed by atoms with Gasteiger partial charge in [0.1, 0.15) is 5.60 Å². The molecule has 1 N–H and O–H groups in total. The van der Waals surface area contributed by atoms with Gasteiger partial charge in [-0.15, -0.1) is 6.42 Å². The molecule has 4 atom stereocenters. The number of likely N-dealkylation sites (tertiary alicyclic amines) is 1. The van der Waals surface area contributed by atoms with Gasteiger partial charge in [-0.3, -0.25) is 9.89 Å². The maximum Gasteiger partial charge on any atom is 0.410 e. The minimum atomic E-state index is -0.539. The third-order valence-corrected chi connectivity index (χ3v) is 7.22. The Morgan fingerprint density at radius 2 is 2.13 bits per heavy atom. The van der Waals surface area contributed by atoms with Crippen LogP contribution in [0.1, 0.15) is 63.6 Å². The fourth-order valence-corrected chi connectivity index (χ4v) is 5.95. The molecule has 1 saturated heterocycles. The van der Waals surface area contributed by atoms with Crippen molar-refractivity contribution >= 4 is 27.8 Å². The second-order valence-corrected chi connectivity index (χ2v) is 10.3. The van der Waals surface area contributed by atoms with Crippen LogP contribution in [-0.2, 0) is 10.2 Å². The van der Waals surface area contributed by atoms with Crippen LogP contribution in [0, 0.1) is 18.3 Å². The van der Waals surface area contributed by atoms with Crippen LogP contribution in [0.3, 0.4) is 0 Å². The van der Waals surface area contributed by atoms with E-state index in [1.54, 1.807) is 0 Å². The first kappa shape index (κ1) is 19.6. The molecule has 8 nitrogen and oxygen atoms in total. The van der Waals surface area contributed by atoms with Gasteiger partial charge < -0.3 is 9.64 Å². The summed E-state index contributed by atoms with van der Waals surface area (Å²) in [4.78, 5) is 37.1. The maximum absolute atomic E-state index is 13.5. The molecule has 2 fully saturated rings. The number of amides is 1. The molecule has 0 aromatic carbocycles. The van der Waals surface area contributed by atoms with Gasteiger partial charge in [0.25, 0.3) is 11.3 Å². The second kappa shape index (κ2) is 6.33. The number of carbonyl (C=O) groups excluding carboxylic acids is 1. The standard InChI is InChI=1S/C21H24BrN5O3/c1-5-11-10-21(14-15(11)23-18-24-17(22)25-27(18)16(14)28)8-9-26(13-7-6-12(13)21)19(29)30-20(2,3)4/h1,11-13H,6-10H2,2-4H3,(H,23,24,25)/t11-,12+,13-,21?/m0/s1. The Balaban J connectivity index is 1.58. The van der Waals surface area contributed by atoms with E-state index in [4.69, 9.17) is 11.2 Å². The summed E-state index contributed by atoms with van der Waals surface area (Å²) in [7, 11) is 0. The zero-order valence-corrected chi connectivity index (χ0v) is 18.8. The van der Waals surface area contributed by atoms with Crippen LogP contribution in [-0.4, -0.2) is 48.8 Å². The number of terminal acetylenes is 1. The molecule has 0 radical (unpaired) electrons. The summed E-state index contributed by atoms with van der Waals surface area (Å²) in [6.45, 7) is 6.17. The van der Waals surface area contributed by atoms with E-state index in [9.17, 15) is 9.59 Å². The highest BCUT2D eigenvalue weighted by Crippen LogP contribution is 2.59. The molecule has 1 amide bonds. The Labute approximate surface area is 182 Å². The van der Waals surface area contributed by atoms with Crippen LogP contribution < -0.4 is 5.56 Å². The molecule has 3 heterocycles. The highest BCUT2D eigenvalue weighted by molar-refractivity contribution is 9.10. The summed E-state index contributed by atoms with van der Waals surface area (Å²) in [5.41, 5.74) is 0.344. The summed E-state index contributed by atoms with van der Waals surface area (Å²) in [6.07, 6.45) is 8.82. The third kappa shape index (κ3) is 2.66. The second-order valence-electron chi connectivity index (χ2n) is 9.58. The first-order chi connectivity index (χ1) is 14.1. The van der Waals surface area contributed by atoms with Gasteiger partial charge in [-0.25, -0.2) is 9.78 Å². The molecule has 1 spiro atoms. The first-order valence-corrected chi connectivity index (χ1v) is 11.1. The van der Waals surface area contributed by atoms with Crippen LogP contribution in [0.4, 0.5) is 4.79 Å². The average molecular weight is 474 g/mol. The quantitative estimate of drug-likeness (QED) is 0.593. The number of nitrogens with zero attached hydrogens (tertiary/aromatic N) is 4. The highest BCUT2D eigenvalue weighted by Gasteiger charge is 2.60. The lowest BCUT2D eigenvalue weighted by Crippen LogP contribution is -2.63. The van der Waals surface area contributed by atoms with Gasteiger partial charge in [0.05, 0.1) is 11.6 Å². The monoisotopic (exact) mass is 473 g/mol. The molecule has 5 rings (SSSR count). The number of hydrogen-bond donors (Lipinski definition) is 1. The molecule has 1 saturated carbocycles. The van der Waals surface area contributed by atoms with Crippen molar-refractivity contribution in [1.29, 1.82) is 0 Å². The molecule has 1 unspecified atom stereocenters. The van der Waals surface area contributed by atoms with Gasteiger partial charge in [-0.05, 0) is 68.3 Å².